The number of rotatable bonds is 20. The number of hydrogen-bond acceptors (Lipinski definition) is 8. The molecule has 0 aliphatic carbocycles. The summed E-state index contributed by atoms with van der Waals surface area (Å²) >= 11 is 0. The van der Waals surface area contributed by atoms with E-state index in [2.05, 4.69) is 20.9 Å². The lowest BCUT2D eigenvalue weighted by Gasteiger charge is -2.38. The van der Waals surface area contributed by atoms with Gasteiger partial charge in [0.25, 0.3) is 0 Å². The summed E-state index contributed by atoms with van der Waals surface area (Å²) in [6, 6.07) is 12.9. The molecule has 0 unspecified atom stereocenters. The Labute approximate surface area is 323 Å². The lowest BCUT2D eigenvalue weighted by molar-refractivity contribution is -0.156. The predicted octanol–water partition coefficient (Wildman–Crippen LogP) is 5.50. The van der Waals surface area contributed by atoms with Crippen LogP contribution in [0.4, 0.5) is 4.79 Å². The molecule has 55 heavy (non-hydrogen) atoms. The van der Waals surface area contributed by atoms with E-state index in [1.165, 1.54) is 12.0 Å². The molecule has 3 aromatic rings. The number of alkyl carbamates (subject to hydrolysis) is 1. The van der Waals surface area contributed by atoms with Crippen LogP contribution in [0.5, 0.6) is 0 Å². The molecule has 0 spiro atoms. The van der Waals surface area contributed by atoms with Gasteiger partial charge in [-0.15, -0.1) is 0 Å². The minimum absolute atomic E-state index is 0.00458. The summed E-state index contributed by atoms with van der Waals surface area (Å²) in [5, 5.41) is 9.42. The molecule has 4 rings (SSSR count). The van der Waals surface area contributed by atoms with Gasteiger partial charge in [0, 0.05) is 42.9 Å². The minimum atomic E-state index is -1.14. The van der Waals surface area contributed by atoms with Crippen LogP contribution in [0, 0.1) is 5.92 Å². The second kappa shape index (κ2) is 21.6. The number of amides is 4. The van der Waals surface area contributed by atoms with E-state index in [4.69, 9.17) is 9.47 Å². The number of Topliss-reactive ketones (excluding diaryl/α,β-unsaturated/α-hetero) is 1. The Morgan fingerprint density at radius 1 is 0.873 bits per heavy atom. The Kier molecular flexibility index (Phi) is 16.7. The fraction of sp³-hybridized carbons (Fsp3) is 0.524. The quantitative estimate of drug-likeness (QED) is 0.0862. The minimum Gasteiger partial charge on any atom is -0.467 e. The first-order chi connectivity index (χ1) is 26.6. The molecule has 0 saturated carbocycles. The third kappa shape index (κ3) is 12.4. The molecule has 2 heterocycles. The van der Waals surface area contributed by atoms with Crippen LogP contribution in [0.15, 0.2) is 60.8 Å². The van der Waals surface area contributed by atoms with Crippen LogP contribution in [0.3, 0.4) is 0 Å². The number of nitrogens with one attached hydrogen (secondary N) is 4. The maximum Gasteiger partial charge on any atom is 0.408 e. The molecule has 1 saturated heterocycles. The number of esters is 1. The van der Waals surface area contributed by atoms with Crippen molar-refractivity contribution in [3.05, 3.63) is 71.9 Å². The average molecular weight is 760 g/mol. The summed E-state index contributed by atoms with van der Waals surface area (Å²) in [7, 11) is 1.30. The zero-order valence-electron chi connectivity index (χ0n) is 32.6. The van der Waals surface area contributed by atoms with Crippen LogP contribution < -0.4 is 16.0 Å². The Balaban J connectivity index is 1.58. The summed E-state index contributed by atoms with van der Waals surface area (Å²) in [5.41, 5.74) is 2.41. The predicted molar refractivity (Wildman–Crippen MR) is 209 cm³/mol. The average Bonchev–Trinajstić information content (AvgIpc) is 3.62. The molecule has 13 nitrogen and oxygen atoms in total. The lowest BCUT2D eigenvalue weighted by Crippen LogP contribution is -2.61. The van der Waals surface area contributed by atoms with Crippen LogP contribution in [-0.4, -0.2) is 83.3 Å². The van der Waals surface area contributed by atoms with Gasteiger partial charge in [0.2, 0.25) is 17.7 Å². The number of hydrogen-bond donors (Lipinski definition) is 4. The highest BCUT2D eigenvalue weighted by molar-refractivity contribution is 5.95. The van der Waals surface area contributed by atoms with Gasteiger partial charge in [-0.05, 0) is 55.2 Å². The van der Waals surface area contributed by atoms with Crippen molar-refractivity contribution in [3.63, 3.8) is 0 Å². The van der Waals surface area contributed by atoms with Gasteiger partial charge < -0.3 is 35.3 Å². The normalized spacial score (nSPS) is 16.3. The van der Waals surface area contributed by atoms with Gasteiger partial charge in [0.1, 0.15) is 36.6 Å². The smallest absolute Gasteiger partial charge is 0.408 e. The van der Waals surface area contributed by atoms with Crippen molar-refractivity contribution in [2.45, 2.75) is 122 Å². The Morgan fingerprint density at radius 3 is 2.33 bits per heavy atom. The number of fused-ring (bicyclic) bond motifs is 1. The molecule has 2 aromatic carbocycles. The molecular weight excluding hydrogens is 702 g/mol. The third-order valence-corrected chi connectivity index (χ3v) is 10.4. The van der Waals surface area contributed by atoms with E-state index in [9.17, 15) is 28.8 Å². The van der Waals surface area contributed by atoms with E-state index in [-0.39, 0.29) is 37.1 Å². The van der Waals surface area contributed by atoms with E-state index in [0.717, 1.165) is 34.9 Å². The van der Waals surface area contributed by atoms with Gasteiger partial charge >= 0.3 is 12.1 Å². The van der Waals surface area contributed by atoms with E-state index in [0.29, 0.717) is 51.5 Å². The van der Waals surface area contributed by atoms with Gasteiger partial charge in [-0.1, -0.05) is 88.6 Å². The number of likely N-dealkylation sites (tertiary alicyclic amines) is 1. The highest BCUT2D eigenvalue weighted by Crippen LogP contribution is 2.23. The highest BCUT2D eigenvalue weighted by atomic mass is 16.5. The molecule has 1 aromatic heterocycles. The second-order valence-electron chi connectivity index (χ2n) is 14.3. The number of nitrogens with zero attached hydrogens (tertiary/aromatic N) is 1. The number of aromatic amines is 1. The first-order valence-electron chi connectivity index (χ1n) is 19.6. The number of unbranched alkanes of at least 4 members (excludes halogenated alkanes) is 2. The van der Waals surface area contributed by atoms with Gasteiger partial charge in [-0.3, -0.25) is 19.2 Å². The number of ether oxygens (including phenoxy) is 2. The number of methoxy groups -OCH3 is 1. The maximum absolute atomic E-state index is 14.4. The molecule has 0 radical (unpaired) electrons. The standard InChI is InChI=1S/C42H57N5O8/c1-5-28(3)37(40(51)47-24-16-15-23-36(47)41(52)54-4)46-39(50)35(25-30-26-43-33-21-14-13-20-32(30)33)44-38(49)34(22-12-8-11-19-31(48)6-2)45-42(53)55-27-29-17-9-7-10-18-29/h7,9-10,13-14,17-18,20-21,26,28,34-37,43H,5-6,8,11-12,15-16,19,22-25,27H2,1-4H3,(H,44,49)(H,45,53)(H,46,50)/t28-,34-,35-,36+,37-/m0/s1. The van der Waals surface area contributed by atoms with Crippen molar-refractivity contribution in [1.29, 1.82) is 0 Å². The number of ketones is 1. The fourth-order valence-corrected chi connectivity index (χ4v) is 6.89. The Hall–Kier alpha value is -5.20. The van der Waals surface area contributed by atoms with E-state index in [1.54, 1.807) is 6.20 Å². The number of benzene rings is 2. The number of H-pyrrole nitrogens is 1. The van der Waals surface area contributed by atoms with E-state index in [1.807, 2.05) is 75.4 Å². The summed E-state index contributed by atoms with van der Waals surface area (Å²) < 4.78 is 10.5. The van der Waals surface area contributed by atoms with Crippen molar-refractivity contribution in [3.8, 4) is 0 Å². The molecule has 4 amide bonds. The lowest BCUT2D eigenvalue weighted by atomic mass is 9.94. The third-order valence-electron chi connectivity index (χ3n) is 10.4. The zero-order valence-corrected chi connectivity index (χ0v) is 32.6. The Morgan fingerprint density at radius 2 is 1.60 bits per heavy atom. The van der Waals surface area contributed by atoms with Crippen molar-refractivity contribution >= 4 is 46.5 Å². The van der Waals surface area contributed by atoms with Gasteiger partial charge in [0.05, 0.1) is 7.11 Å². The SMILES string of the molecule is CCC(=O)CCCCC[C@H](NC(=O)OCc1ccccc1)C(=O)N[C@@H](Cc1c[nH]c2ccccc12)C(=O)N[C@H](C(=O)N1CCCC[C@@H]1C(=O)OC)[C@@H](C)CC. The molecule has 1 aliphatic heterocycles. The van der Waals surface area contributed by atoms with E-state index < -0.39 is 48.0 Å². The number of para-hydroxylation sites is 1. The van der Waals surface area contributed by atoms with E-state index >= 15 is 0 Å². The molecular formula is C42H57N5O8. The largest absolute Gasteiger partial charge is 0.467 e. The molecule has 1 fully saturated rings. The summed E-state index contributed by atoms with van der Waals surface area (Å²) in [5.74, 6) is -2.17. The van der Waals surface area contributed by atoms with Gasteiger partial charge in [-0.2, -0.15) is 0 Å². The first-order valence-corrected chi connectivity index (χ1v) is 19.6. The molecule has 1 aliphatic rings. The van der Waals surface area contributed by atoms with Crippen LogP contribution >= 0.6 is 0 Å². The van der Waals surface area contributed by atoms with Crippen molar-refractivity contribution in [2.24, 2.45) is 5.92 Å². The number of carbonyl (C=O) groups excluding carboxylic acids is 6. The number of carbonyl (C=O) groups is 6. The van der Waals surface area contributed by atoms with Crippen molar-refractivity contribution in [2.75, 3.05) is 13.7 Å². The number of piperidine rings is 1. The topological polar surface area (TPSA) is 176 Å². The van der Waals surface area contributed by atoms with Crippen LogP contribution in [0.2, 0.25) is 0 Å². The number of aromatic nitrogens is 1. The van der Waals surface area contributed by atoms with Crippen LogP contribution in [-0.2, 0) is 46.5 Å². The first kappa shape index (κ1) is 42.5. The zero-order chi connectivity index (χ0) is 39.7. The molecule has 298 valence electrons. The molecule has 0 bridgehead atoms. The summed E-state index contributed by atoms with van der Waals surface area (Å²) in [6.07, 6.45) is 6.62. The summed E-state index contributed by atoms with van der Waals surface area (Å²) in [6.45, 7) is 5.97. The fourth-order valence-electron chi connectivity index (χ4n) is 6.89. The summed E-state index contributed by atoms with van der Waals surface area (Å²) in [4.78, 5) is 85.0. The monoisotopic (exact) mass is 759 g/mol. The van der Waals surface area contributed by atoms with Gasteiger partial charge in [0.15, 0.2) is 0 Å². The Bertz CT molecular complexity index is 1740. The van der Waals surface area contributed by atoms with Crippen molar-refractivity contribution in [1.82, 2.24) is 25.8 Å². The van der Waals surface area contributed by atoms with Crippen LogP contribution in [0.25, 0.3) is 10.9 Å². The molecule has 5 atom stereocenters. The van der Waals surface area contributed by atoms with Gasteiger partial charge in [-0.25, -0.2) is 9.59 Å². The maximum atomic E-state index is 14.4. The van der Waals surface area contributed by atoms with Crippen LogP contribution in [0.1, 0.15) is 96.1 Å². The molecule has 13 heteroatoms. The highest BCUT2D eigenvalue weighted by Gasteiger charge is 2.39. The van der Waals surface area contributed by atoms with Crippen molar-refractivity contribution < 1.29 is 38.2 Å². The second-order valence-corrected chi connectivity index (χ2v) is 14.3. The molecule has 4 N–H and O–H groups in total.